The van der Waals surface area contributed by atoms with Crippen LogP contribution in [0.5, 0.6) is 0 Å². The van der Waals surface area contributed by atoms with Gasteiger partial charge < -0.3 is 19.6 Å². The number of benzene rings is 1. The van der Waals surface area contributed by atoms with Crippen molar-refractivity contribution in [2.45, 2.75) is 18.6 Å². The number of carbonyl (C=O) groups is 1. The number of halogens is 1. The quantitative estimate of drug-likeness (QED) is 0.921. The minimum Gasteiger partial charge on any atom is -0.465 e. The number of likely N-dealkylation sites (N-methyl/N-ethyl adjacent to an activating group) is 1. The van der Waals surface area contributed by atoms with Gasteiger partial charge in [-0.3, -0.25) is 0 Å². The lowest BCUT2D eigenvalue weighted by molar-refractivity contribution is 0.0187. The highest BCUT2D eigenvalue weighted by atomic mass is 19.1. The van der Waals surface area contributed by atoms with Crippen LogP contribution < -0.4 is 4.90 Å². The zero-order chi connectivity index (χ0) is 14.7. The van der Waals surface area contributed by atoms with Gasteiger partial charge in [0, 0.05) is 26.4 Å². The van der Waals surface area contributed by atoms with E-state index in [0.717, 1.165) is 5.69 Å². The van der Waals surface area contributed by atoms with Gasteiger partial charge in [0.05, 0.1) is 18.7 Å². The Balaban J connectivity index is 2.11. The Morgan fingerprint density at radius 1 is 1.45 bits per heavy atom. The Kier molecular flexibility index (Phi) is 4.44. The number of likely N-dealkylation sites (tertiary alicyclic amines) is 1. The molecule has 0 radical (unpaired) electrons. The number of ether oxygens (including phenoxy) is 1. The number of hydrogen-bond donors (Lipinski definition) is 1. The van der Waals surface area contributed by atoms with Crippen LogP contribution in [0.3, 0.4) is 0 Å². The molecule has 1 saturated heterocycles. The molecule has 1 fully saturated rings. The first-order chi connectivity index (χ1) is 9.52. The predicted octanol–water partition coefficient (Wildman–Crippen LogP) is 2.03. The molecule has 2 atom stereocenters. The van der Waals surface area contributed by atoms with Crippen LogP contribution in [0.2, 0.25) is 0 Å². The number of carboxylic acid groups (broad SMARTS) is 1. The fraction of sp³-hybridized carbons (Fsp3) is 0.500. The molecule has 6 heteroatoms. The van der Waals surface area contributed by atoms with Crippen molar-refractivity contribution in [2.24, 2.45) is 0 Å². The molecule has 110 valence electrons. The second-order valence-corrected chi connectivity index (χ2v) is 4.95. The largest absolute Gasteiger partial charge is 0.465 e. The van der Waals surface area contributed by atoms with Crippen LogP contribution in [0.4, 0.5) is 14.9 Å². The van der Waals surface area contributed by atoms with Gasteiger partial charge in [0.2, 0.25) is 0 Å². The van der Waals surface area contributed by atoms with E-state index in [4.69, 9.17) is 9.84 Å². The number of nitrogens with zero attached hydrogens (tertiary/aromatic N) is 2. The molecule has 0 bridgehead atoms. The van der Waals surface area contributed by atoms with Crippen molar-refractivity contribution in [1.29, 1.82) is 0 Å². The fourth-order valence-corrected chi connectivity index (χ4v) is 2.62. The summed E-state index contributed by atoms with van der Waals surface area (Å²) in [4.78, 5) is 14.4. The first kappa shape index (κ1) is 14.6. The third kappa shape index (κ3) is 3.01. The summed E-state index contributed by atoms with van der Waals surface area (Å²) in [7, 11) is 3.50. The maximum Gasteiger partial charge on any atom is 0.407 e. The number of rotatable bonds is 3. The van der Waals surface area contributed by atoms with E-state index in [1.165, 1.54) is 17.0 Å². The molecule has 1 amide bonds. The summed E-state index contributed by atoms with van der Waals surface area (Å²) >= 11 is 0. The third-order valence-electron chi connectivity index (χ3n) is 3.83. The second kappa shape index (κ2) is 6.09. The second-order valence-electron chi connectivity index (χ2n) is 4.95. The maximum absolute atomic E-state index is 13.0. The maximum atomic E-state index is 13.0. The van der Waals surface area contributed by atoms with Gasteiger partial charge in [-0.15, -0.1) is 0 Å². The summed E-state index contributed by atoms with van der Waals surface area (Å²) in [5.41, 5.74) is 0.891. The minimum absolute atomic E-state index is 0.0704. The number of anilines is 1. The number of hydrogen-bond acceptors (Lipinski definition) is 3. The average molecular weight is 282 g/mol. The van der Waals surface area contributed by atoms with Crippen molar-refractivity contribution in [1.82, 2.24) is 4.90 Å². The molecule has 0 unspecified atom stereocenters. The molecule has 1 N–H and O–H groups in total. The summed E-state index contributed by atoms with van der Waals surface area (Å²) in [5, 5.41) is 9.04. The van der Waals surface area contributed by atoms with Crippen molar-refractivity contribution >= 4 is 11.8 Å². The Hall–Kier alpha value is -1.82. The van der Waals surface area contributed by atoms with Crippen molar-refractivity contribution in [3.63, 3.8) is 0 Å². The smallest absolute Gasteiger partial charge is 0.407 e. The van der Waals surface area contributed by atoms with Gasteiger partial charge in [0.1, 0.15) is 5.82 Å². The zero-order valence-electron chi connectivity index (χ0n) is 11.6. The van der Waals surface area contributed by atoms with Gasteiger partial charge in [-0.2, -0.15) is 0 Å². The van der Waals surface area contributed by atoms with E-state index < -0.39 is 6.09 Å². The topological polar surface area (TPSA) is 53.0 Å². The summed E-state index contributed by atoms with van der Waals surface area (Å²) in [5.74, 6) is -0.272. The Morgan fingerprint density at radius 3 is 2.65 bits per heavy atom. The van der Waals surface area contributed by atoms with Crippen molar-refractivity contribution in [3.05, 3.63) is 30.1 Å². The lowest BCUT2D eigenvalue weighted by atomic mass is 10.00. The van der Waals surface area contributed by atoms with E-state index in [2.05, 4.69) is 0 Å². The lowest BCUT2D eigenvalue weighted by Crippen LogP contribution is -2.55. The number of amides is 1. The van der Waals surface area contributed by atoms with Crippen LogP contribution in [0, 0.1) is 5.82 Å². The summed E-state index contributed by atoms with van der Waals surface area (Å²) < 4.78 is 18.4. The van der Waals surface area contributed by atoms with Gasteiger partial charge >= 0.3 is 6.09 Å². The van der Waals surface area contributed by atoms with Crippen LogP contribution in [0.15, 0.2) is 24.3 Å². The molecule has 5 nitrogen and oxygen atoms in total. The van der Waals surface area contributed by atoms with Crippen LogP contribution in [0.25, 0.3) is 0 Å². The van der Waals surface area contributed by atoms with Crippen molar-refractivity contribution in [2.75, 3.05) is 32.1 Å². The molecular formula is C14H19FN2O3. The molecule has 1 aromatic carbocycles. The summed E-state index contributed by atoms with van der Waals surface area (Å²) in [6.45, 7) is 0.827. The van der Waals surface area contributed by atoms with E-state index in [-0.39, 0.29) is 18.0 Å². The van der Waals surface area contributed by atoms with Gasteiger partial charge in [0.25, 0.3) is 0 Å². The van der Waals surface area contributed by atoms with E-state index in [0.29, 0.717) is 19.5 Å². The van der Waals surface area contributed by atoms with Crippen LogP contribution in [-0.2, 0) is 4.74 Å². The highest BCUT2D eigenvalue weighted by molar-refractivity contribution is 5.65. The molecule has 1 aliphatic rings. The summed E-state index contributed by atoms with van der Waals surface area (Å²) in [6, 6.07) is 6.33. The Bertz CT molecular complexity index is 466. The van der Waals surface area contributed by atoms with E-state index >= 15 is 0 Å². The minimum atomic E-state index is -0.921. The standard InChI is InChI=1S/C14H19FN2O3/c1-16(11-5-3-10(15)4-6-11)12-7-8-17(14(18)19)9-13(12)20-2/h3-6,12-13H,7-9H2,1-2H3,(H,18,19)/t12-,13-/m1/s1. The van der Waals surface area contributed by atoms with Gasteiger partial charge in [-0.1, -0.05) is 0 Å². The van der Waals surface area contributed by atoms with E-state index in [1.807, 2.05) is 11.9 Å². The molecule has 1 heterocycles. The van der Waals surface area contributed by atoms with Crippen LogP contribution >= 0.6 is 0 Å². The molecule has 0 aromatic heterocycles. The highest BCUT2D eigenvalue weighted by Crippen LogP contribution is 2.24. The molecule has 1 aliphatic heterocycles. The Morgan fingerprint density at radius 2 is 2.10 bits per heavy atom. The third-order valence-corrected chi connectivity index (χ3v) is 3.83. The number of methoxy groups -OCH3 is 1. The van der Waals surface area contributed by atoms with E-state index in [9.17, 15) is 9.18 Å². The fourth-order valence-electron chi connectivity index (χ4n) is 2.62. The SMILES string of the molecule is CO[C@@H]1CN(C(=O)O)CC[C@H]1N(C)c1ccc(F)cc1. The van der Waals surface area contributed by atoms with Crippen LogP contribution in [0.1, 0.15) is 6.42 Å². The van der Waals surface area contributed by atoms with Crippen molar-refractivity contribution in [3.8, 4) is 0 Å². The molecule has 20 heavy (non-hydrogen) atoms. The summed E-state index contributed by atoms with van der Waals surface area (Å²) in [6.07, 6.45) is -0.441. The first-order valence-electron chi connectivity index (χ1n) is 6.52. The van der Waals surface area contributed by atoms with Gasteiger partial charge in [-0.25, -0.2) is 9.18 Å². The molecule has 0 aliphatic carbocycles. The first-order valence-corrected chi connectivity index (χ1v) is 6.52. The normalized spacial score (nSPS) is 22.6. The van der Waals surface area contributed by atoms with Crippen LogP contribution in [-0.4, -0.2) is 55.5 Å². The Labute approximate surface area is 117 Å². The molecule has 0 saturated carbocycles. The molecular weight excluding hydrogens is 263 g/mol. The highest BCUT2D eigenvalue weighted by Gasteiger charge is 2.34. The molecule has 0 spiro atoms. The zero-order valence-corrected chi connectivity index (χ0v) is 11.6. The molecule has 1 aromatic rings. The van der Waals surface area contributed by atoms with Crippen molar-refractivity contribution < 1.29 is 19.0 Å². The monoisotopic (exact) mass is 282 g/mol. The predicted molar refractivity (Wildman–Crippen MR) is 73.6 cm³/mol. The van der Waals surface area contributed by atoms with Gasteiger partial charge in [0.15, 0.2) is 0 Å². The molecule has 2 rings (SSSR count). The lowest BCUT2D eigenvalue weighted by Gasteiger charge is -2.41. The van der Waals surface area contributed by atoms with Gasteiger partial charge in [-0.05, 0) is 30.7 Å². The average Bonchev–Trinajstić information content (AvgIpc) is 2.46. The number of piperidine rings is 1. The van der Waals surface area contributed by atoms with E-state index in [1.54, 1.807) is 19.2 Å².